The smallest absolute Gasteiger partial charge is 0.0947 e. The molecule has 4 heteroatoms. The molecule has 1 aromatic rings. The third-order valence-corrected chi connectivity index (χ3v) is 4.12. The molecule has 0 unspecified atom stereocenters. The molecule has 1 aliphatic heterocycles. The van der Waals surface area contributed by atoms with Crippen molar-refractivity contribution in [3.63, 3.8) is 0 Å². The molecule has 0 saturated carbocycles. The molecule has 0 aliphatic carbocycles. The number of hydrogen-bond acceptors (Lipinski definition) is 4. The lowest BCUT2D eigenvalue weighted by molar-refractivity contribution is -0.00156. The summed E-state index contributed by atoms with van der Waals surface area (Å²) in [5, 5.41) is 3.61. The summed E-state index contributed by atoms with van der Waals surface area (Å²) in [4.78, 5) is 2.41. The maximum atomic E-state index is 5.56. The van der Waals surface area contributed by atoms with Gasteiger partial charge in [0.25, 0.3) is 0 Å². The zero-order valence-corrected chi connectivity index (χ0v) is 12.9. The van der Waals surface area contributed by atoms with Crippen molar-refractivity contribution in [2.75, 3.05) is 39.9 Å². The lowest BCUT2D eigenvalue weighted by Crippen LogP contribution is -2.46. The van der Waals surface area contributed by atoms with E-state index in [4.69, 9.17) is 9.15 Å². The quantitative estimate of drug-likeness (QED) is 0.743. The Hall–Kier alpha value is -0.840. The molecule has 20 heavy (non-hydrogen) atoms. The molecule has 2 rings (SSSR count). The van der Waals surface area contributed by atoms with Crippen molar-refractivity contribution in [1.82, 2.24) is 10.2 Å². The highest BCUT2D eigenvalue weighted by molar-refractivity contribution is 5.05. The molecule has 1 aliphatic rings. The Bertz CT molecular complexity index is 359. The van der Waals surface area contributed by atoms with Crippen LogP contribution in [0.25, 0.3) is 0 Å². The fraction of sp³-hybridized carbons (Fsp3) is 0.750. The number of nitrogens with zero attached hydrogens (tertiary/aromatic N) is 1. The predicted molar refractivity (Wildman–Crippen MR) is 80.7 cm³/mol. The first kappa shape index (κ1) is 15.5. The molecule has 2 heterocycles. The number of hydrogen-bond donors (Lipinski definition) is 1. The highest BCUT2D eigenvalue weighted by Crippen LogP contribution is 2.31. The zero-order valence-electron chi connectivity index (χ0n) is 12.9. The van der Waals surface area contributed by atoms with Crippen molar-refractivity contribution in [1.29, 1.82) is 0 Å². The van der Waals surface area contributed by atoms with E-state index < -0.39 is 0 Å². The summed E-state index contributed by atoms with van der Waals surface area (Å²) < 4.78 is 10.7. The first-order valence-corrected chi connectivity index (χ1v) is 7.72. The minimum Gasteiger partial charge on any atom is -0.472 e. The fourth-order valence-corrected chi connectivity index (χ4v) is 3.05. The van der Waals surface area contributed by atoms with Crippen LogP contribution >= 0.6 is 0 Å². The molecule has 0 radical (unpaired) electrons. The van der Waals surface area contributed by atoms with E-state index in [0.29, 0.717) is 5.41 Å². The van der Waals surface area contributed by atoms with Gasteiger partial charge in [0.1, 0.15) is 0 Å². The second-order valence-corrected chi connectivity index (χ2v) is 6.09. The van der Waals surface area contributed by atoms with E-state index in [0.717, 1.165) is 52.2 Å². The summed E-state index contributed by atoms with van der Waals surface area (Å²) in [5.74, 6) is 0. The number of ether oxygens (including phenoxy) is 1. The van der Waals surface area contributed by atoms with Crippen molar-refractivity contribution in [2.45, 2.75) is 32.7 Å². The molecule has 0 spiro atoms. The van der Waals surface area contributed by atoms with Crippen LogP contribution in [0.4, 0.5) is 0 Å². The van der Waals surface area contributed by atoms with Crippen molar-refractivity contribution in [3.8, 4) is 0 Å². The molecule has 1 N–H and O–H groups in total. The Morgan fingerprint density at radius 1 is 1.35 bits per heavy atom. The average molecular weight is 280 g/mol. The van der Waals surface area contributed by atoms with Crippen LogP contribution in [0.5, 0.6) is 0 Å². The molecular formula is C16H28N2O2. The summed E-state index contributed by atoms with van der Waals surface area (Å²) in [7, 11) is 2.20. The monoisotopic (exact) mass is 280 g/mol. The van der Waals surface area contributed by atoms with E-state index in [9.17, 15) is 0 Å². The van der Waals surface area contributed by atoms with Gasteiger partial charge in [-0.2, -0.15) is 0 Å². The summed E-state index contributed by atoms with van der Waals surface area (Å²) in [5.41, 5.74) is 1.60. The minimum atomic E-state index is 0.353. The van der Waals surface area contributed by atoms with Gasteiger partial charge in [-0.3, -0.25) is 0 Å². The summed E-state index contributed by atoms with van der Waals surface area (Å²) in [6.45, 7) is 8.27. The maximum Gasteiger partial charge on any atom is 0.0947 e. The Kier molecular flexibility index (Phi) is 6.07. The van der Waals surface area contributed by atoms with Gasteiger partial charge in [-0.05, 0) is 44.3 Å². The average Bonchev–Trinajstić information content (AvgIpc) is 2.92. The van der Waals surface area contributed by atoms with Crippen molar-refractivity contribution >= 4 is 0 Å². The molecule has 1 fully saturated rings. The lowest BCUT2D eigenvalue weighted by Gasteiger charge is -2.40. The van der Waals surface area contributed by atoms with Crippen LogP contribution in [0.3, 0.4) is 0 Å². The third-order valence-electron chi connectivity index (χ3n) is 4.12. The highest BCUT2D eigenvalue weighted by atomic mass is 16.5. The second-order valence-electron chi connectivity index (χ2n) is 6.09. The van der Waals surface area contributed by atoms with Gasteiger partial charge in [0.05, 0.1) is 12.5 Å². The van der Waals surface area contributed by atoms with Gasteiger partial charge >= 0.3 is 0 Å². The van der Waals surface area contributed by atoms with Crippen LogP contribution in [0.2, 0.25) is 0 Å². The van der Waals surface area contributed by atoms with Gasteiger partial charge in [-0.25, -0.2) is 0 Å². The Morgan fingerprint density at radius 2 is 2.15 bits per heavy atom. The molecule has 0 aromatic carbocycles. The second kappa shape index (κ2) is 7.81. The molecule has 4 nitrogen and oxygen atoms in total. The molecule has 114 valence electrons. The normalized spacial score (nSPS) is 18.6. The van der Waals surface area contributed by atoms with Gasteiger partial charge in [0, 0.05) is 38.4 Å². The van der Waals surface area contributed by atoms with Crippen LogP contribution < -0.4 is 5.32 Å². The standard InChI is InChI=1S/C16H28N2O2/c1-3-7-17-13-16(5-9-19-10-6-16)14-18(2)11-15-4-8-20-12-15/h4,8,12,17H,3,5-7,9-11,13-14H2,1-2H3. The van der Waals surface area contributed by atoms with Crippen LogP contribution in [-0.4, -0.2) is 44.8 Å². The Balaban J connectivity index is 1.88. The largest absolute Gasteiger partial charge is 0.472 e. The Morgan fingerprint density at radius 3 is 2.80 bits per heavy atom. The topological polar surface area (TPSA) is 37.6 Å². The minimum absolute atomic E-state index is 0.353. The van der Waals surface area contributed by atoms with Gasteiger partial charge in [-0.1, -0.05) is 6.92 Å². The number of rotatable bonds is 8. The molecule has 1 saturated heterocycles. The van der Waals surface area contributed by atoms with Crippen LogP contribution in [0.1, 0.15) is 31.7 Å². The number of furan rings is 1. The van der Waals surface area contributed by atoms with Crippen molar-refractivity contribution in [2.24, 2.45) is 5.41 Å². The van der Waals surface area contributed by atoms with E-state index in [-0.39, 0.29) is 0 Å². The first-order chi connectivity index (χ1) is 9.74. The first-order valence-electron chi connectivity index (χ1n) is 7.72. The zero-order chi connectivity index (χ0) is 14.3. The van der Waals surface area contributed by atoms with Gasteiger partial charge < -0.3 is 19.4 Å². The summed E-state index contributed by atoms with van der Waals surface area (Å²) in [6, 6.07) is 2.04. The maximum absolute atomic E-state index is 5.56. The van der Waals surface area contributed by atoms with Gasteiger partial charge in [-0.15, -0.1) is 0 Å². The highest BCUT2D eigenvalue weighted by Gasteiger charge is 2.33. The summed E-state index contributed by atoms with van der Waals surface area (Å²) in [6.07, 6.45) is 7.08. The van der Waals surface area contributed by atoms with E-state index in [1.165, 1.54) is 12.0 Å². The van der Waals surface area contributed by atoms with E-state index >= 15 is 0 Å². The predicted octanol–water partition coefficient (Wildman–Crippen LogP) is 2.51. The molecular weight excluding hydrogens is 252 g/mol. The van der Waals surface area contributed by atoms with Crippen LogP contribution in [0.15, 0.2) is 23.0 Å². The Labute approximate surface area is 122 Å². The molecule has 1 aromatic heterocycles. The van der Waals surface area contributed by atoms with Crippen LogP contribution in [0, 0.1) is 5.41 Å². The molecule has 0 atom stereocenters. The van der Waals surface area contributed by atoms with E-state index in [2.05, 4.69) is 24.2 Å². The van der Waals surface area contributed by atoms with Crippen molar-refractivity contribution in [3.05, 3.63) is 24.2 Å². The van der Waals surface area contributed by atoms with Gasteiger partial charge in [0.15, 0.2) is 0 Å². The molecule has 0 amide bonds. The third kappa shape index (κ3) is 4.62. The van der Waals surface area contributed by atoms with Crippen LogP contribution in [-0.2, 0) is 11.3 Å². The molecule has 0 bridgehead atoms. The van der Waals surface area contributed by atoms with E-state index in [1.54, 1.807) is 6.26 Å². The number of nitrogens with one attached hydrogen (secondary N) is 1. The van der Waals surface area contributed by atoms with Gasteiger partial charge in [0.2, 0.25) is 0 Å². The SMILES string of the molecule is CCCNCC1(CN(C)Cc2ccoc2)CCOCC1. The lowest BCUT2D eigenvalue weighted by atomic mass is 9.79. The fourth-order valence-electron chi connectivity index (χ4n) is 3.05. The summed E-state index contributed by atoms with van der Waals surface area (Å²) >= 11 is 0. The van der Waals surface area contributed by atoms with Crippen molar-refractivity contribution < 1.29 is 9.15 Å². The van der Waals surface area contributed by atoms with E-state index in [1.807, 2.05) is 12.3 Å².